The quantitative estimate of drug-likeness (QED) is 0.539. The first kappa shape index (κ1) is 13.7. The number of nitrogens with zero attached hydrogens (tertiary/aromatic N) is 1. The summed E-state index contributed by atoms with van der Waals surface area (Å²) in [6.07, 6.45) is 1.01. The second-order valence-corrected chi connectivity index (χ2v) is 3.35. The Morgan fingerprint density at radius 1 is 1.39 bits per heavy atom. The number of primary amides is 1. The molecule has 3 amide bonds. The Labute approximate surface area is 103 Å². The number of amides is 3. The monoisotopic (exact) mass is 255 g/mol. The number of nitrogens with two attached hydrogens (primary N) is 1. The highest BCUT2D eigenvalue weighted by molar-refractivity contribution is 5.98. The summed E-state index contributed by atoms with van der Waals surface area (Å²) in [5.74, 6) is -0.816. The van der Waals surface area contributed by atoms with E-state index in [1.165, 1.54) is 0 Å². The van der Waals surface area contributed by atoms with E-state index in [4.69, 9.17) is 5.73 Å². The van der Waals surface area contributed by atoms with Gasteiger partial charge in [0.2, 0.25) is 0 Å². The number of hydrogen-bond donors (Lipinski definition) is 4. The molecule has 1 rings (SSSR count). The predicted octanol–water partition coefficient (Wildman–Crippen LogP) is -0.339. The zero-order valence-corrected chi connectivity index (χ0v) is 9.79. The maximum Gasteiger partial charge on any atom is 0.312 e. The highest BCUT2D eigenvalue weighted by Crippen LogP contribution is 2.12. The smallest absolute Gasteiger partial charge is 0.312 e. The first-order chi connectivity index (χ1) is 8.54. The van der Waals surface area contributed by atoms with Crippen LogP contribution >= 0.6 is 0 Å². The number of urea groups is 1. The standard InChI is InChI=1S/C10H14FN5O2/c1-13-8-7(4-6(11)5-16-8)9(17)14-2-3-15-10(12)18/h4-5H,2-3H2,1H3,(H,13,16)(H,14,17)(H3,12,15,18). The van der Waals surface area contributed by atoms with Crippen molar-refractivity contribution in [1.82, 2.24) is 15.6 Å². The molecule has 0 aliphatic rings. The maximum atomic E-state index is 13.0. The van der Waals surface area contributed by atoms with Gasteiger partial charge in [0.05, 0.1) is 11.8 Å². The van der Waals surface area contributed by atoms with Crippen molar-refractivity contribution >= 4 is 17.8 Å². The molecule has 0 saturated carbocycles. The molecule has 0 aromatic carbocycles. The van der Waals surface area contributed by atoms with Crippen LogP contribution in [0, 0.1) is 5.82 Å². The van der Waals surface area contributed by atoms with Gasteiger partial charge in [0.15, 0.2) is 0 Å². The summed E-state index contributed by atoms with van der Waals surface area (Å²) >= 11 is 0. The minimum Gasteiger partial charge on any atom is -0.372 e. The van der Waals surface area contributed by atoms with E-state index in [9.17, 15) is 14.0 Å². The molecular weight excluding hydrogens is 241 g/mol. The van der Waals surface area contributed by atoms with E-state index in [0.29, 0.717) is 0 Å². The van der Waals surface area contributed by atoms with Gasteiger partial charge in [-0.15, -0.1) is 0 Å². The van der Waals surface area contributed by atoms with Crippen molar-refractivity contribution in [2.24, 2.45) is 5.73 Å². The summed E-state index contributed by atoms with van der Waals surface area (Å²) < 4.78 is 13.0. The first-order valence-corrected chi connectivity index (χ1v) is 5.19. The minimum atomic E-state index is -0.674. The summed E-state index contributed by atoms with van der Waals surface area (Å²) in [4.78, 5) is 25.8. The van der Waals surface area contributed by atoms with E-state index in [-0.39, 0.29) is 24.5 Å². The van der Waals surface area contributed by atoms with Crippen LogP contribution in [-0.2, 0) is 0 Å². The van der Waals surface area contributed by atoms with Crippen LogP contribution in [0.15, 0.2) is 12.3 Å². The Morgan fingerprint density at radius 2 is 2.06 bits per heavy atom. The van der Waals surface area contributed by atoms with E-state index < -0.39 is 17.8 Å². The van der Waals surface area contributed by atoms with Crippen molar-refractivity contribution in [2.45, 2.75) is 0 Å². The second kappa shape index (κ2) is 6.38. The third kappa shape index (κ3) is 3.89. The number of carbonyl (C=O) groups is 2. The Kier molecular flexibility index (Phi) is 4.85. The molecule has 0 unspecified atom stereocenters. The number of carbonyl (C=O) groups excluding carboxylic acids is 2. The van der Waals surface area contributed by atoms with Crippen molar-refractivity contribution in [3.8, 4) is 0 Å². The van der Waals surface area contributed by atoms with Crippen molar-refractivity contribution in [2.75, 3.05) is 25.5 Å². The molecule has 0 aliphatic heterocycles. The molecule has 5 N–H and O–H groups in total. The molecule has 7 nitrogen and oxygen atoms in total. The highest BCUT2D eigenvalue weighted by Gasteiger charge is 2.12. The molecule has 0 atom stereocenters. The van der Waals surface area contributed by atoms with Gasteiger partial charge in [0, 0.05) is 20.1 Å². The van der Waals surface area contributed by atoms with E-state index in [2.05, 4.69) is 20.9 Å². The zero-order valence-electron chi connectivity index (χ0n) is 9.79. The van der Waals surface area contributed by atoms with Crippen molar-refractivity contribution < 1.29 is 14.0 Å². The van der Waals surface area contributed by atoms with Crippen molar-refractivity contribution in [3.05, 3.63) is 23.6 Å². The van der Waals surface area contributed by atoms with E-state index in [1.54, 1.807) is 7.05 Å². The van der Waals surface area contributed by atoms with Crippen LogP contribution in [-0.4, -0.2) is 37.1 Å². The van der Waals surface area contributed by atoms with Gasteiger partial charge in [0.1, 0.15) is 11.6 Å². The van der Waals surface area contributed by atoms with Gasteiger partial charge < -0.3 is 21.7 Å². The molecule has 18 heavy (non-hydrogen) atoms. The number of aromatic nitrogens is 1. The Morgan fingerprint density at radius 3 is 2.67 bits per heavy atom. The minimum absolute atomic E-state index is 0.0941. The van der Waals surface area contributed by atoms with Gasteiger partial charge in [-0.3, -0.25) is 4.79 Å². The van der Waals surface area contributed by atoms with Gasteiger partial charge in [-0.25, -0.2) is 14.2 Å². The van der Waals surface area contributed by atoms with E-state index in [0.717, 1.165) is 12.3 Å². The third-order valence-electron chi connectivity index (χ3n) is 2.05. The molecule has 1 aromatic heterocycles. The summed E-state index contributed by atoms with van der Waals surface area (Å²) in [6.45, 7) is 0.375. The van der Waals surface area contributed by atoms with Crippen LogP contribution in [0.1, 0.15) is 10.4 Å². The average Bonchev–Trinajstić information content (AvgIpc) is 2.34. The normalized spacial score (nSPS) is 9.67. The van der Waals surface area contributed by atoms with Crippen LogP contribution in [0.25, 0.3) is 0 Å². The van der Waals surface area contributed by atoms with E-state index in [1.807, 2.05) is 0 Å². The lowest BCUT2D eigenvalue weighted by atomic mass is 10.2. The topological polar surface area (TPSA) is 109 Å². The number of anilines is 1. The Bertz CT molecular complexity index is 452. The van der Waals surface area contributed by atoms with Gasteiger partial charge in [-0.05, 0) is 6.07 Å². The van der Waals surface area contributed by atoms with Crippen molar-refractivity contribution in [1.29, 1.82) is 0 Å². The molecule has 0 fully saturated rings. The number of pyridine rings is 1. The van der Waals surface area contributed by atoms with Gasteiger partial charge in [0.25, 0.3) is 5.91 Å². The highest BCUT2D eigenvalue weighted by atomic mass is 19.1. The molecule has 8 heteroatoms. The zero-order chi connectivity index (χ0) is 13.5. The number of nitrogens with one attached hydrogen (secondary N) is 3. The number of hydrogen-bond acceptors (Lipinski definition) is 4. The summed E-state index contributed by atoms with van der Waals surface area (Å²) in [5, 5.41) is 7.50. The van der Waals surface area contributed by atoms with Crippen LogP contribution in [0.2, 0.25) is 0 Å². The number of halogens is 1. The van der Waals surface area contributed by atoms with Gasteiger partial charge in [-0.1, -0.05) is 0 Å². The predicted molar refractivity (Wildman–Crippen MR) is 63.7 cm³/mol. The Hall–Kier alpha value is -2.38. The summed E-state index contributed by atoms with van der Waals surface area (Å²) in [6, 6.07) is 0.406. The van der Waals surface area contributed by atoms with Gasteiger partial charge >= 0.3 is 6.03 Å². The molecule has 0 bridgehead atoms. The molecular formula is C10H14FN5O2. The molecule has 98 valence electrons. The fraction of sp³-hybridized carbons (Fsp3) is 0.300. The van der Waals surface area contributed by atoms with Crippen molar-refractivity contribution in [3.63, 3.8) is 0 Å². The van der Waals surface area contributed by atoms with Crippen LogP contribution in [0.5, 0.6) is 0 Å². The molecule has 1 heterocycles. The SMILES string of the molecule is CNc1ncc(F)cc1C(=O)NCCNC(N)=O. The maximum absolute atomic E-state index is 13.0. The summed E-state index contributed by atoms with van der Waals surface area (Å²) in [7, 11) is 1.58. The molecule has 0 aliphatic carbocycles. The lowest BCUT2D eigenvalue weighted by Gasteiger charge is -2.09. The third-order valence-corrected chi connectivity index (χ3v) is 2.05. The van der Waals surface area contributed by atoms with Crippen LogP contribution in [0.4, 0.5) is 15.0 Å². The first-order valence-electron chi connectivity index (χ1n) is 5.19. The molecule has 0 saturated heterocycles. The lowest BCUT2D eigenvalue weighted by molar-refractivity contribution is 0.0954. The molecule has 0 spiro atoms. The molecule has 0 radical (unpaired) electrons. The fourth-order valence-corrected chi connectivity index (χ4v) is 1.27. The Balaban J connectivity index is 2.60. The summed E-state index contributed by atoms with van der Waals surface area (Å²) in [5.41, 5.74) is 4.95. The second-order valence-electron chi connectivity index (χ2n) is 3.35. The molecule has 1 aromatic rings. The fourth-order valence-electron chi connectivity index (χ4n) is 1.27. The van der Waals surface area contributed by atoms with Crippen LogP contribution < -0.4 is 21.7 Å². The van der Waals surface area contributed by atoms with Crippen LogP contribution in [0.3, 0.4) is 0 Å². The largest absolute Gasteiger partial charge is 0.372 e. The average molecular weight is 255 g/mol. The van der Waals surface area contributed by atoms with Gasteiger partial charge in [-0.2, -0.15) is 0 Å². The van der Waals surface area contributed by atoms with E-state index >= 15 is 0 Å². The number of rotatable bonds is 5. The lowest BCUT2D eigenvalue weighted by Crippen LogP contribution is -2.37.